The number of nitrogens with one attached hydrogen (secondary N) is 1. The average Bonchev–Trinajstić information content (AvgIpc) is 2.59. The van der Waals surface area contributed by atoms with Gasteiger partial charge < -0.3 is 10.2 Å². The Morgan fingerprint density at radius 3 is 2.04 bits per heavy atom. The van der Waals surface area contributed by atoms with Gasteiger partial charge in [0.1, 0.15) is 0 Å². The summed E-state index contributed by atoms with van der Waals surface area (Å²) >= 11 is 0. The number of carbonyl (C=O) groups excluding carboxylic acids is 1. The first-order valence-electron chi connectivity index (χ1n) is 9.14. The maximum absolute atomic E-state index is 12.7. The van der Waals surface area contributed by atoms with E-state index < -0.39 is 0 Å². The van der Waals surface area contributed by atoms with Gasteiger partial charge in [0.15, 0.2) is 0 Å². The van der Waals surface area contributed by atoms with E-state index in [1.807, 2.05) is 0 Å². The fourth-order valence-electron chi connectivity index (χ4n) is 3.76. The van der Waals surface area contributed by atoms with E-state index in [0.29, 0.717) is 0 Å². The summed E-state index contributed by atoms with van der Waals surface area (Å²) in [5, 5.41) is 3.18. The number of hydrogen-bond acceptors (Lipinski definition) is 2. The van der Waals surface area contributed by atoms with Crippen molar-refractivity contribution in [1.29, 1.82) is 0 Å². The third-order valence-corrected chi connectivity index (χ3v) is 5.19. The Morgan fingerprint density at radius 1 is 0.920 bits per heavy atom. The topological polar surface area (TPSA) is 32.3 Å². The number of aryl methyl sites for hydroxylation is 4. The van der Waals surface area contributed by atoms with Crippen LogP contribution < -0.4 is 10.2 Å². The van der Waals surface area contributed by atoms with Gasteiger partial charge in [-0.1, -0.05) is 35.4 Å². The van der Waals surface area contributed by atoms with Crippen LogP contribution in [-0.4, -0.2) is 19.0 Å². The lowest BCUT2D eigenvalue weighted by molar-refractivity contribution is -0.120. The van der Waals surface area contributed by atoms with Gasteiger partial charge in [-0.25, -0.2) is 0 Å². The largest absolute Gasteiger partial charge is 0.371 e. The number of nitrogens with zero attached hydrogens (tertiary/aromatic N) is 1. The third kappa shape index (κ3) is 4.04. The van der Waals surface area contributed by atoms with Crippen LogP contribution >= 0.6 is 0 Å². The van der Waals surface area contributed by atoms with Gasteiger partial charge in [0, 0.05) is 30.4 Å². The molecule has 2 aromatic rings. The normalized spacial score (nSPS) is 15.3. The second-order valence-corrected chi connectivity index (χ2v) is 7.36. The molecule has 0 aromatic heterocycles. The molecule has 1 heterocycles. The number of piperidine rings is 1. The molecule has 1 aliphatic heterocycles. The molecule has 0 radical (unpaired) electrons. The van der Waals surface area contributed by atoms with E-state index in [1.165, 1.54) is 16.8 Å². The van der Waals surface area contributed by atoms with Gasteiger partial charge in [-0.2, -0.15) is 0 Å². The van der Waals surface area contributed by atoms with Crippen molar-refractivity contribution in [3.63, 3.8) is 0 Å². The average molecular weight is 336 g/mol. The molecule has 0 aliphatic carbocycles. The molecule has 1 fully saturated rings. The Balaban J connectivity index is 1.61. The van der Waals surface area contributed by atoms with Crippen LogP contribution in [0.5, 0.6) is 0 Å². The number of anilines is 2. The zero-order chi connectivity index (χ0) is 18.0. The Kier molecular flexibility index (Phi) is 5.12. The molecule has 0 unspecified atom stereocenters. The molecule has 3 nitrogen and oxygen atoms in total. The fourth-order valence-corrected chi connectivity index (χ4v) is 3.76. The summed E-state index contributed by atoms with van der Waals surface area (Å²) in [5.41, 5.74) is 7.04. The number of hydrogen-bond donors (Lipinski definition) is 1. The summed E-state index contributed by atoms with van der Waals surface area (Å²) in [6, 6.07) is 12.9. The van der Waals surface area contributed by atoms with Crippen LogP contribution in [0.2, 0.25) is 0 Å². The Labute approximate surface area is 151 Å². The van der Waals surface area contributed by atoms with Gasteiger partial charge >= 0.3 is 0 Å². The van der Waals surface area contributed by atoms with Gasteiger partial charge in [-0.15, -0.1) is 0 Å². The molecule has 0 atom stereocenters. The molecule has 1 aliphatic rings. The van der Waals surface area contributed by atoms with Gasteiger partial charge in [-0.3, -0.25) is 4.79 Å². The van der Waals surface area contributed by atoms with Crippen LogP contribution in [0.4, 0.5) is 11.4 Å². The van der Waals surface area contributed by atoms with Crippen LogP contribution in [-0.2, 0) is 4.79 Å². The van der Waals surface area contributed by atoms with E-state index in [0.717, 1.165) is 42.7 Å². The van der Waals surface area contributed by atoms with Crippen molar-refractivity contribution in [2.24, 2.45) is 5.92 Å². The SMILES string of the molecule is Cc1ccc(N2CCC(C(=O)Nc3c(C)cc(C)cc3C)CC2)cc1. The number of rotatable bonds is 3. The summed E-state index contributed by atoms with van der Waals surface area (Å²) in [4.78, 5) is 15.1. The highest BCUT2D eigenvalue weighted by Gasteiger charge is 2.25. The number of amides is 1. The maximum atomic E-state index is 12.7. The molecule has 0 bridgehead atoms. The second-order valence-electron chi connectivity index (χ2n) is 7.36. The first kappa shape index (κ1) is 17.5. The van der Waals surface area contributed by atoms with Crippen LogP contribution in [0.15, 0.2) is 36.4 Å². The molecule has 2 aromatic carbocycles. The van der Waals surface area contributed by atoms with Gasteiger partial charge in [0.05, 0.1) is 0 Å². The van der Waals surface area contributed by atoms with Crippen molar-refractivity contribution in [1.82, 2.24) is 0 Å². The van der Waals surface area contributed by atoms with Crippen LogP contribution in [0.1, 0.15) is 35.1 Å². The van der Waals surface area contributed by atoms with E-state index in [1.54, 1.807) is 0 Å². The lowest BCUT2D eigenvalue weighted by Crippen LogP contribution is -2.38. The molecule has 0 spiro atoms. The minimum atomic E-state index is 0.0989. The van der Waals surface area contributed by atoms with Gasteiger partial charge in [0.2, 0.25) is 5.91 Å². The first-order valence-corrected chi connectivity index (χ1v) is 9.14. The van der Waals surface area contributed by atoms with Crippen molar-refractivity contribution >= 4 is 17.3 Å². The molecule has 3 rings (SSSR count). The van der Waals surface area contributed by atoms with E-state index in [2.05, 4.69) is 74.3 Å². The highest BCUT2D eigenvalue weighted by Crippen LogP contribution is 2.27. The minimum Gasteiger partial charge on any atom is -0.371 e. The van der Waals surface area contributed by atoms with Crippen LogP contribution in [0, 0.1) is 33.6 Å². The summed E-state index contributed by atoms with van der Waals surface area (Å²) in [6.45, 7) is 10.2. The lowest BCUT2D eigenvalue weighted by Gasteiger charge is -2.33. The predicted molar refractivity (Wildman–Crippen MR) is 105 cm³/mol. The van der Waals surface area contributed by atoms with Gasteiger partial charge in [-0.05, 0) is 63.8 Å². The summed E-state index contributed by atoms with van der Waals surface area (Å²) < 4.78 is 0. The van der Waals surface area contributed by atoms with Crippen molar-refractivity contribution in [2.75, 3.05) is 23.3 Å². The van der Waals surface area contributed by atoms with E-state index in [4.69, 9.17) is 0 Å². The second kappa shape index (κ2) is 7.30. The highest BCUT2D eigenvalue weighted by atomic mass is 16.1. The Morgan fingerprint density at radius 2 is 1.48 bits per heavy atom. The maximum Gasteiger partial charge on any atom is 0.227 e. The summed E-state index contributed by atoms with van der Waals surface area (Å²) in [7, 11) is 0. The lowest BCUT2D eigenvalue weighted by atomic mass is 9.94. The fraction of sp³-hybridized carbons (Fsp3) is 0.409. The van der Waals surface area contributed by atoms with Crippen LogP contribution in [0.25, 0.3) is 0 Å². The highest BCUT2D eigenvalue weighted by molar-refractivity contribution is 5.94. The van der Waals surface area contributed by atoms with E-state index in [9.17, 15) is 4.79 Å². The van der Waals surface area contributed by atoms with Crippen molar-refractivity contribution in [2.45, 2.75) is 40.5 Å². The number of carbonyl (C=O) groups is 1. The standard InChI is InChI=1S/C22H28N2O/c1-15-5-7-20(8-6-15)24-11-9-19(10-12-24)22(25)23-21-17(3)13-16(2)14-18(21)4/h5-8,13-14,19H,9-12H2,1-4H3,(H,23,25). The zero-order valence-electron chi connectivity index (χ0n) is 15.7. The number of benzene rings is 2. The Bertz CT molecular complexity index is 733. The predicted octanol–water partition coefficient (Wildman–Crippen LogP) is 4.78. The molecular weight excluding hydrogens is 308 g/mol. The smallest absolute Gasteiger partial charge is 0.227 e. The zero-order valence-corrected chi connectivity index (χ0v) is 15.7. The molecule has 3 heteroatoms. The Hall–Kier alpha value is -2.29. The summed E-state index contributed by atoms with van der Waals surface area (Å²) in [5.74, 6) is 0.264. The monoisotopic (exact) mass is 336 g/mol. The van der Waals surface area contributed by atoms with E-state index in [-0.39, 0.29) is 11.8 Å². The third-order valence-electron chi connectivity index (χ3n) is 5.19. The quantitative estimate of drug-likeness (QED) is 0.875. The summed E-state index contributed by atoms with van der Waals surface area (Å²) in [6.07, 6.45) is 1.81. The molecule has 0 saturated carbocycles. The van der Waals surface area contributed by atoms with Crippen molar-refractivity contribution in [3.8, 4) is 0 Å². The van der Waals surface area contributed by atoms with Crippen molar-refractivity contribution in [3.05, 3.63) is 58.7 Å². The van der Waals surface area contributed by atoms with Crippen molar-refractivity contribution < 1.29 is 4.79 Å². The molecule has 1 saturated heterocycles. The van der Waals surface area contributed by atoms with Gasteiger partial charge in [0.25, 0.3) is 0 Å². The molecular formula is C22H28N2O. The molecule has 1 amide bonds. The minimum absolute atomic E-state index is 0.0989. The molecule has 1 N–H and O–H groups in total. The molecule has 25 heavy (non-hydrogen) atoms. The molecule has 132 valence electrons. The first-order chi connectivity index (χ1) is 11.9. The van der Waals surface area contributed by atoms with Crippen LogP contribution in [0.3, 0.4) is 0 Å². The van der Waals surface area contributed by atoms with E-state index >= 15 is 0 Å².